The fourth-order valence-corrected chi connectivity index (χ4v) is 3.24. The zero-order valence-electron chi connectivity index (χ0n) is 12.5. The summed E-state index contributed by atoms with van der Waals surface area (Å²) in [5.74, 6) is 0.0407. The molecule has 0 aliphatic rings. The van der Waals surface area contributed by atoms with Crippen molar-refractivity contribution < 1.29 is 13.2 Å². The van der Waals surface area contributed by atoms with Gasteiger partial charge >= 0.3 is 6.03 Å². The number of halogens is 1. The molecular weight excluding hydrogens is 312 g/mol. The van der Waals surface area contributed by atoms with Crippen LogP contribution in [-0.2, 0) is 9.84 Å². The Labute approximate surface area is 131 Å². The van der Waals surface area contributed by atoms with Crippen LogP contribution in [0.5, 0.6) is 0 Å². The molecule has 7 heteroatoms. The van der Waals surface area contributed by atoms with Crippen LogP contribution >= 0.6 is 11.6 Å². The number of nitrogens with zero attached hydrogens (tertiary/aromatic N) is 1. The summed E-state index contributed by atoms with van der Waals surface area (Å²) in [5, 5.41) is 3.32. The molecule has 0 aromatic heterocycles. The van der Waals surface area contributed by atoms with Gasteiger partial charge in [-0.15, -0.1) is 0 Å². The summed E-state index contributed by atoms with van der Waals surface area (Å²) in [6.45, 7) is 5.58. The largest absolute Gasteiger partial charge is 0.322 e. The van der Waals surface area contributed by atoms with Gasteiger partial charge in [0.1, 0.15) is 0 Å². The number of anilines is 1. The Morgan fingerprint density at radius 2 is 1.86 bits per heavy atom. The van der Waals surface area contributed by atoms with Crippen LogP contribution in [0.1, 0.15) is 20.8 Å². The molecule has 1 N–H and O–H groups in total. The molecule has 0 heterocycles. The van der Waals surface area contributed by atoms with Gasteiger partial charge in [0.15, 0.2) is 9.84 Å². The molecule has 0 saturated heterocycles. The summed E-state index contributed by atoms with van der Waals surface area (Å²) in [5.41, 5.74) is 0.619. The van der Waals surface area contributed by atoms with Crippen molar-refractivity contribution >= 4 is 33.2 Å². The van der Waals surface area contributed by atoms with E-state index in [-0.39, 0.29) is 23.6 Å². The van der Waals surface area contributed by atoms with E-state index in [1.165, 1.54) is 4.90 Å². The molecule has 0 aliphatic heterocycles. The van der Waals surface area contributed by atoms with E-state index in [1.807, 2.05) is 6.92 Å². The van der Waals surface area contributed by atoms with E-state index in [0.29, 0.717) is 17.3 Å². The summed E-state index contributed by atoms with van der Waals surface area (Å²) in [7, 11) is -3.12. The predicted octanol–water partition coefficient (Wildman–Crippen LogP) is 3.02. The third-order valence-corrected chi connectivity index (χ3v) is 5.29. The van der Waals surface area contributed by atoms with E-state index in [2.05, 4.69) is 5.32 Å². The van der Waals surface area contributed by atoms with Crippen LogP contribution in [0.4, 0.5) is 10.5 Å². The van der Waals surface area contributed by atoms with E-state index >= 15 is 0 Å². The van der Waals surface area contributed by atoms with Crippen molar-refractivity contribution in [3.8, 4) is 0 Å². The van der Waals surface area contributed by atoms with Crippen molar-refractivity contribution in [2.75, 3.05) is 23.4 Å². The molecule has 1 atom stereocenters. The van der Waals surface area contributed by atoms with Crippen molar-refractivity contribution in [2.24, 2.45) is 0 Å². The lowest BCUT2D eigenvalue weighted by molar-refractivity contribution is 0.201. The number of rotatable bonds is 6. The van der Waals surface area contributed by atoms with Crippen molar-refractivity contribution in [1.29, 1.82) is 0 Å². The fourth-order valence-electron chi connectivity index (χ4n) is 1.96. The second-order valence-corrected chi connectivity index (χ2v) is 7.61. The number of amides is 2. The molecular formula is C14H21ClN2O3S. The first-order valence-electron chi connectivity index (χ1n) is 6.82. The Balaban J connectivity index is 2.74. The number of carbonyl (C=O) groups is 1. The van der Waals surface area contributed by atoms with E-state index < -0.39 is 9.84 Å². The lowest BCUT2D eigenvalue weighted by atomic mass is 10.3. The normalized spacial score (nSPS) is 12.8. The monoisotopic (exact) mass is 332 g/mol. The molecule has 0 unspecified atom stereocenters. The van der Waals surface area contributed by atoms with Crippen molar-refractivity contribution in [3.05, 3.63) is 29.3 Å². The van der Waals surface area contributed by atoms with E-state index in [0.717, 1.165) is 0 Å². The third kappa shape index (κ3) is 5.55. The van der Waals surface area contributed by atoms with E-state index in [9.17, 15) is 13.2 Å². The minimum atomic E-state index is -3.12. The highest BCUT2D eigenvalue weighted by Gasteiger charge is 2.23. The second-order valence-electron chi connectivity index (χ2n) is 4.77. The van der Waals surface area contributed by atoms with Crippen molar-refractivity contribution in [3.63, 3.8) is 0 Å². The van der Waals surface area contributed by atoms with Gasteiger partial charge in [0.25, 0.3) is 0 Å². The standard InChI is InChI=1S/C14H21ClN2O3S/c1-4-17(11(3)10-21(19,20)5-2)14(18)16-13-8-6-12(15)7-9-13/h6-9,11H,4-5,10H2,1-3H3,(H,16,18)/t11-/m1/s1. The lowest BCUT2D eigenvalue weighted by Crippen LogP contribution is -2.44. The SMILES string of the molecule is CCN(C(=O)Nc1ccc(Cl)cc1)[C@H](C)CS(=O)(=O)CC. The maximum atomic E-state index is 12.2. The van der Waals surface area contributed by atoms with Gasteiger partial charge in [0.2, 0.25) is 0 Å². The summed E-state index contributed by atoms with van der Waals surface area (Å²) in [6.07, 6.45) is 0. The Kier molecular flexibility index (Phi) is 6.48. The van der Waals surface area contributed by atoms with Gasteiger partial charge in [-0.2, -0.15) is 0 Å². The molecule has 21 heavy (non-hydrogen) atoms. The van der Waals surface area contributed by atoms with Gasteiger partial charge in [0.05, 0.1) is 5.75 Å². The van der Waals surface area contributed by atoms with Crippen LogP contribution in [0.15, 0.2) is 24.3 Å². The number of benzene rings is 1. The smallest absolute Gasteiger partial charge is 0.321 e. The van der Waals surface area contributed by atoms with Crippen LogP contribution in [0.3, 0.4) is 0 Å². The van der Waals surface area contributed by atoms with E-state index in [1.54, 1.807) is 38.1 Å². The summed E-state index contributed by atoms with van der Waals surface area (Å²) < 4.78 is 23.4. The number of urea groups is 1. The molecule has 1 aromatic carbocycles. The molecule has 0 fully saturated rings. The molecule has 0 bridgehead atoms. The first-order valence-corrected chi connectivity index (χ1v) is 9.02. The first kappa shape index (κ1) is 17.8. The minimum absolute atomic E-state index is 0.0363. The highest BCUT2D eigenvalue weighted by Crippen LogP contribution is 2.14. The van der Waals surface area contributed by atoms with Gasteiger partial charge in [-0.05, 0) is 38.1 Å². The summed E-state index contributed by atoms with van der Waals surface area (Å²) in [4.78, 5) is 13.7. The topological polar surface area (TPSA) is 66.5 Å². The van der Waals surface area contributed by atoms with Crippen LogP contribution in [0.25, 0.3) is 0 Å². The van der Waals surface area contributed by atoms with Crippen LogP contribution < -0.4 is 5.32 Å². The minimum Gasteiger partial charge on any atom is -0.321 e. The third-order valence-electron chi connectivity index (χ3n) is 3.16. The zero-order chi connectivity index (χ0) is 16.0. The number of sulfone groups is 1. The summed E-state index contributed by atoms with van der Waals surface area (Å²) in [6, 6.07) is 6.05. The molecule has 5 nitrogen and oxygen atoms in total. The van der Waals surface area contributed by atoms with Crippen molar-refractivity contribution in [1.82, 2.24) is 4.90 Å². The Morgan fingerprint density at radius 3 is 2.33 bits per heavy atom. The predicted molar refractivity (Wildman–Crippen MR) is 86.6 cm³/mol. The number of hydrogen-bond acceptors (Lipinski definition) is 3. The van der Waals surface area contributed by atoms with Gasteiger partial charge < -0.3 is 10.2 Å². The van der Waals surface area contributed by atoms with Crippen LogP contribution in [0, 0.1) is 0 Å². The molecule has 0 spiro atoms. The van der Waals surface area contributed by atoms with Crippen molar-refractivity contribution in [2.45, 2.75) is 26.8 Å². The first-order chi connectivity index (χ1) is 9.79. The average molecular weight is 333 g/mol. The lowest BCUT2D eigenvalue weighted by Gasteiger charge is -2.28. The second kappa shape index (κ2) is 7.66. The molecule has 1 rings (SSSR count). The molecule has 0 saturated carbocycles. The quantitative estimate of drug-likeness (QED) is 0.870. The molecule has 2 amide bonds. The van der Waals surface area contributed by atoms with Gasteiger partial charge in [-0.3, -0.25) is 0 Å². The number of carbonyl (C=O) groups excluding carboxylic acids is 1. The Bertz CT molecular complexity index is 572. The number of hydrogen-bond donors (Lipinski definition) is 1. The van der Waals surface area contributed by atoms with E-state index in [4.69, 9.17) is 11.6 Å². The Hall–Kier alpha value is -1.27. The summed E-state index contributed by atoms with van der Waals surface area (Å²) >= 11 is 5.79. The number of nitrogens with one attached hydrogen (secondary N) is 1. The van der Waals surface area contributed by atoms with Crippen LogP contribution in [0.2, 0.25) is 5.02 Å². The highest BCUT2D eigenvalue weighted by atomic mass is 35.5. The zero-order valence-corrected chi connectivity index (χ0v) is 14.0. The van der Waals surface area contributed by atoms with Crippen LogP contribution in [-0.4, -0.2) is 43.4 Å². The Morgan fingerprint density at radius 1 is 1.29 bits per heavy atom. The highest BCUT2D eigenvalue weighted by molar-refractivity contribution is 7.91. The maximum Gasteiger partial charge on any atom is 0.322 e. The molecule has 0 aliphatic carbocycles. The average Bonchev–Trinajstić information content (AvgIpc) is 2.41. The maximum absolute atomic E-state index is 12.2. The van der Waals surface area contributed by atoms with Gasteiger partial charge in [0, 0.05) is 29.0 Å². The van der Waals surface area contributed by atoms with Gasteiger partial charge in [-0.25, -0.2) is 13.2 Å². The van der Waals surface area contributed by atoms with Gasteiger partial charge in [-0.1, -0.05) is 18.5 Å². The molecule has 118 valence electrons. The molecule has 0 radical (unpaired) electrons. The fraction of sp³-hybridized carbons (Fsp3) is 0.500. The molecule has 1 aromatic rings.